The molecule has 6 nitrogen and oxygen atoms in total. The van der Waals surface area contributed by atoms with Gasteiger partial charge in [-0.2, -0.15) is 0 Å². The molecule has 3 heterocycles. The van der Waals surface area contributed by atoms with Gasteiger partial charge >= 0.3 is 5.97 Å². The molecule has 3 aromatic carbocycles. The molecule has 1 saturated heterocycles. The third kappa shape index (κ3) is 2.74. The molecule has 6 rings (SSSR count). The van der Waals surface area contributed by atoms with Crippen molar-refractivity contribution in [2.24, 2.45) is 0 Å². The van der Waals surface area contributed by atoms with Crippen LogP contribution in [0.5, 0.6) is 11.5 Å². The maximum absolute atomic E-state index is 13.1. The quantitative estimate of drug-likeness (QED) is 0.615. The van der Waals surface area contributed by atoms with Crippen molar-refractivity contribution < 1.29 is 19.0 Å². The second kappa shape index (κ2) is 7.25. The summed E-state index contributed by atoms with van der Waals surface area (Å²) in [7, 11) is 3.11. The minimum Gasteiger partial charge on any atom is -0.497 e. The lowest BCUT2D eigenvalue weighted by Gasteiger charge is -2.50. The number of rotatable bonds is 4. The number of ether oxygens (including phenoxy) is 3. The van der Waals surface area contributed by atoms with Gasteiger partial charge in [0.25, 0.3) is 0 Å². The van der Waals surface area contributed by atoms with E-state index in [9.17, 15) is 4.79 Å². The molecule has 0 aromatic heterocycles. The molecule has 0 amide bonds. The fraction of sp³-hybridized carbons (Fsp3) is 0.296. The molecular formula is C27H26N2O4. The normalized spacial score (nSPS) is 26.8. The summed E-state index contributed by atoms with van der Waals surface area (Å²) in [4.78, 5) is 15.3. The standard InChI is InChI=1S/C27H26N2O4/c1-31-19-12-13-21-24(14-19)33-27-15-23(25(30)32-2)29(16-18-8-4-3-5-9-18)17-26(21,27)28-22-11-7-6-10-20(22)27/h3-14,23,28H,15-17H2,1-2H3/t23?,26-,27-/m0/s1. The van der Waals surface area contributed by atoms with Gasteiger partial charge in [-0.15, -0.1) is 0 Å². The van der Waals surface area contributed by atoms with Gasteiger partial charge in [-0.3, -0.25) is 9.69 Å². The molecule has 0 bridgehead atoms. The number of fused-ring (bicyclic) bond motifs is 2. The SMILES string of the molecule is COC(=O)C1C[C@@]23Oc4cc(OC)ccc4[C@]2(CN1Cc1ccccc1)Nc1ccccc13. The van der Waals surface area contributed by atoms with Gasteiger partial charge in [0.2, 0.25) is 0 Å². The fourth-order valence-electron chi connectivity index (χ4n) is 5.93. The molecule has 0 saturated carbocycles. The predicted octanol–water partition coefficient (Wildman–Crippen LogP) is 4.05. The third-order valence-corrected chi connectivity index (χ3v) is 7.40. The van der Waals surface area contributed by atoms with Gasteiger partial charge in [-0.1, -0.05) is 48.5 Å². The molecular weight excluding hydrogens is 416 g/mol. The van der Waals surface area contributed by atoms with Crippen molar-refractivity contribution in [2.45, 2.75) is 30.1 Å². The first-order valence-electron chi connectivity index (χ1n) is 11.2. The average molecular weight is 443 g/mol. The first-order chi connectivity index (χ1) is 16.1. The van der Waals surface area contributed by atoms with E-state index >= 15 is 0 Å². The number of nitrogens with zero attached hydrogens (tertiary/aromatic N) is 1. The van der Waals surface area contributed by atoms with Crippen LogP contribution in [0.4, 0.5) is 5.69 Å². The zero-order valence-corrected chi connectivity index (χ0v) is 18.7. The van der Waals surface area contributed by atoms with E-state index in [-0.39, 0.29) is 5.97 Å². The summed E-state index contributed by atoms with van der Waals surface area (Å²) in [6.45, 7) is 1.23. The van der Waals surface area contributed by atoms with Gasteiger partial charge in [0.1, 0.15) is 23.1 Å². The summed E-state index contributed by atoms with van der Waals surface area (Å²) in [5.74, 6) is 1.30. The Kier molecular flexibility index (Phi) is 4.42. The van der Waals surface area contributed by atoms with Gasteiger partial charge in [-0.05, 0) is 23.8 Å². The van der Waals surface area contributed by atoms with Crippen LogP contribution in [0.15, 0.2) is 72.8 Å². The van der Waals surface area contributed by atoms with Crippen LogP contribution in [0.25, 0.3) is 0 Å². The number of likely N-dealkylation sites (tertiary alicyclic amines) is 1. The van der Waals surface area contributed by atoms with Crippen LogP contribution in [0.2, 0.25) is 0 Å². The molecule has 33 heavy (non-hydrogen) atoms. The second-order valence-electron chi connectivity index (χ2n) is 9.00. The van der Waals surface area contributed by atoms with Crippen molar-refractivity contribution in [1.82, 2.24) is 4.90 Å². The Bertz CT molecular complexity index is 1230. The van der Waals surface area contributed by atoms with Crippen LogP contribution in [0.1, 0.15) is 23.1 Å². The van der Waals surface area contributed by atoms with Crippen LogP contribution in [0.3, 0.4) is 0 Å². The van der Waals surface area contributed by atoms with Crippen LogP contribution in [-0.4, -0.2) is 37.7 Å². The number of hydrogen-bond acceptors (Lipinski definition) is 6. The Hall–Kier alpha value is -3.51. The van der Waals surface area contributed by atoms with Gasteiger partial charge in [0.15, 0.2) is 5.60 Å². The number of benzene rings is 3. The maximum Gasteiger partial charge on any atom is 0.323 e. The lowest BCUT2D eigenvalue weighted by atomic mass is 9.68. The largest absolute Gasteiger partial charge is 0.497 e. The Morgan fingerprint density at radius 1 is 1.06 bits per heavy atom. The van der Waals surface area contributed by atoms with E-state index in [2.05, 4.69) is 40.5 Å². The first kappa shape index (κ1) is 20.1. The number of carbonyl (C=O) groups is 1. The van der Waals surface area contributed by atoms with Crippen molar-refractivity contribution in [3.8, 4) is 11.5 Å². The lowest BCUT2D eigenvalue weighted by molar-refractivity contribution is -0.156. The number of carbonyl (C=O) groups excluding carboxylic acids is 1. The summed E-state index contributed by atoms with van der Waals surface area (Å²) in [5, 5.41) is 3.83. The van der Waals surface area contributed by atoms with Gasteiger partial charge in [-0.25, -0.2) is 0 Å². The van der Waals surface area contributed by atoms with E-state index in [1.807, 2.05) is 42.5 Å². The molecule has 3 atom stereocenters. The molecule has 0 radical (unpaired) electrons. The Morgan fingerprint density at radius 2 is 1.85 bits per heavy atom. The predicted molar refractivity (Wildman–Crippen MR) is 124 cm³/mol. The molecule has 168 valence electrons. The van der Waals surface area contributed by atoms with Crippen LogP contribution >= 0.6 is 0 Å². The number of para-hydroxylation sites is 1. The molecule has 3 aromatic rings. The highest BCUT2D eigenvalue weighted by Crippen LogP contribution is 2.64. The average Bonchev–Trinajstić information content (AvgIpc) is 3.29. The van der Waals surface area contributed by atoms with Gasteiger partial charge < -0.3 is 19.5 Å². The number of esters is 1. The van der Waals surface area contributed by atoms with Crippen LogP contribution < -0.4 is 14.8 Å². The van der Waals surface area contributed by atoms with Crippen molar-refractivity contribution in [3.63, 3.8) is 0 Å². The van der Waals surface area contributed by atoms with Gasteiger partial charge in [0, 0.05) is 42.4 Å². The fourth-order valence-corrected chi connectivity index (χ4v) is 5.93. The number of nitrogens with one attached hydrogen (secondary N) is 1. The summed E-state index contributed by atoms with van der Waals surface area (Å²) in [6, 6.07) is 24.1. The highest BCUT2D eigenvalue weighted by Gasteiger charge is 2.70. The van der Waals surface area contributed by atoms with Crippen LogP contribution in [-0.2, 0) is 27.2 Å². The van der Waals surface area contributed by atoms with Gasteiger partial charge in [0.05, 0.1) is 14.2 Å². The number of hydrogen-bond donors (Lipinski definition) is 1. The van der Waals surface area contributed by atoms with Crippen LogP contribution in [0, 0.1) is 0 Å². The maximum atomic E-state index is 13.1. The van der Waals surface area contributed by atoms with E-state index in [0.717, 1.165) is 33.9 Å². The van der Waals surface area contributed by atoms with E-state index in [0.29, 0.717) is 19.5 Å². The minimum absolute atomic E-state index is 0.240. The zero-order valence-electron chi connectivity index (χ0n) is 18.7. The highest BCUT2D eigenvalue weighted by atomic mass is 16.5. The molecule has 3 aliphatic heterocycles. The molecule has 1 unspecified atom stereocenters. The Morgan fingerprint density at radius 3 is 2.64 bits per heavy atom. The monoisotopic (exact) mass is 442 g/mol. The molecule has 6 heteroatoms. The smallest absolute Gasteiger partial charge is 0.323 e. The first-order valence-corrected chi connectivity index (χ1v) is 11.2. The lowest BCUT2D eigenvalue weighted by Crippen LogP contribution is -2.65. The minimum atomic E-state index is -0.718. The molecule has 3 aliphatic rings. The van der Waals surface area contributed by atoms with E-state index in [1.54, 1.807) is 7.11 Å². The molecule has 1 fully saturated rings. The van der Waals surface area contributed by atoms with E-state index in [4.69, 9.17) is 14.2 Å². The summed E-state index contributed by atoms with van der Waals surface area (Å²) < 4.78 is 17.6. The van der Waals surface area contributed by atoms with E-state index < -0.39 is 17.2 Å². The molecule has 0 aliphatic carbocycles. The van der Waals surface area contributed by atoms with E-state index in [1.165, 1.54) is 7.11 Å². The van der Waals surface area contributed by atoms with Crippen molar-refractivity contribution >= 4 is 11.7 Å². The summed E-state index contributed by atoms with van der Waals surface area (Å²) in [6.07, 6.45) is 0.480. The van der Waals surface area contributed by atoms with Crippen molar-refractivity contribution in [3.05, 3.63) is 89.5 Å². The third-order valence-electron chi connectivity index (χ3n) is 7.40. The Balaban J connectivity index is 1.52. The zero-order chi connectivity index (χ0) is 22.6. The number of piperidine rings is 1. The summed E-state index contributed by atoms with van der Waals surface area (Å²) in [5.41, 5.74) is 3.11. The topological polar surface area (TPSA) is 60.0 Å². The number of anilines is 1. The molecule has 0 spiro atoms. The van der Waals surface area contributed by atoms with Crippen molar-refractivity contribution in [1.29, 1.82) is 0 Å². The number of methoxy groups -OCH3 is 2. The second-order valence-corrected chi connectivity index (χ2v) is 9.00. The summed E-state index contributed by atoms with van der Waals surface area (Å²) >= 11 is 0. The molecule has 1 N–H and O–H groups in total. The highest BCUT2D eigenvalue weighted by molar-refractivity contribution is 5.79. The Labute approximate surface area is 193 Å². The van der Waals surface area contributed by atoms with Crippen molar-refractivity contribution in [2.75, 3.05) is 26.1 Å².